The Kier molecular flexibility index (Phi) is 3.97. The molecule has 3 aromatic rings. The van der Waals surface area contributed by atoms with Gasteiger partial charge < -0.3 is 4.74 Å². The van der Waals surface area contributed by atoms with Crippen molar-refractivity contribution in [3.8, 4) is 5.88 Å². The van der Waals surface area contributed by atoms with E-state index in [1.807, 2.05) is 13.0 Å². The van der Waals surface area contributed by atoms with E-state index in [-0.39, 0.29) is 17.2 Å². The lowest BCUT2D eigenvalue weighted by Crippen LogP contribution is -2.27. The Morgan fingerprint density at radius 2 is 2.00 bits per heavy atom. The molecule has 0 bridgehead atoms. The summed E-state index contributed by atoms with van der Waals surface area (Å²) in [5.74, 6) is 0.225. The van der Waals surface area contributed by atoms with Crippen LogP contribution in [0, 0.1) is 0 Å². The maximum Gasteiger partial charge on any atom is 0.336 e. The third kappa shape index (κ3) is 2.63. The minimum Gasteiger partial charge on any atom is -0.482 e. The molecular formula is C17H17N3O3. The topological polar surface area (TPSA) is 65.6 Å². The Balaban J connectivity index is 2.14. The van der Waals surface area contributed by atoms with Crippen LogP contribution in [-0.2, 0) is 6.54 Å². The first kappa shape index (κ1) is 15.0. The maximum atomic E-state index is 12.6. The zero-order chi connectivity index (χ0) is 16.4. The van der Waals surface area contributed by atoms with Crippen LogP contribution in [0.3, 0.4) is 0 Å². The van der Waals surface area contributed by atoms with E-state index in [2.05, 4.69) is 4.98 Å². The van der Waals surface area contributed by atoms with Gasteiger partial charge in [0.15, 0.2) is 0 Å². The summed E-state index contributed by atoms with van der Waals surface area (Å²) in [7, 11) is 1.51. The molecule has 0 saturated heterocycles. The highest BCUT2D eigenvalue weighted by molar-refractivity contribution is 6.07. The predicted molar refractivity (Wildman–Crippen MR) is 86.2 cm³/mol. The first-order valence-electron chi connectivity index (χ1n) is 7.42. The summed E-state index contributed by atoms with van der Waals surface area (Å²) in [6.07, 6.45) is 2.28. The minimum absolute atomic E-state index is 0.213. The van der Waals surface area contributed by atoms with Crippen LogP contribution in [0.25, 0.3) is 5.65 Å². The predicted octanol–water partition coefficient (Wildman–Crippen LogP) is 2.15. The van der Waals surface area contributed by atoms with E-state index in [0.29, 0.717) is 23.6 Å². The number of carbonyl (C=O) groups excluding carboxylic acids is 1. The van der Waals surface area contributed by atoms with Gasteiger partial charge in [-0.15, -0.1) is 0 Å². The highest BCUT2D eigenvalue weighted by Gasteiger charge is 2.16. The summed E-state index contributed by atoms with van der Waals surface area (Å²) in [5, 5.41) is 0. The fourth-order valence-electron chi connectivity index (χ4n) is 2.51. The number of ketones is 1. The number of methoxy groups -OCH3 is 1. The van der Waals surface area contributed by atoms with Gasteiger partial charge in [0.1, 0.15) is 11.3 Å². The Morgan fingerprint density at radius 3 is 2.65 bits per heavy atom. The van der Waals surface area contributed by atoms with E-state index in [4.69, 9.17) is 4.74 Å². The molecule has 0 atom stereocenters. The van der Waals surface area contributed by atoms with E-state index in [1.165, 1.54) is 22.3 Å². The van der Waals surface area contributed by atoms with E-state index >= 15 is 0 Å². The number of hydrogen-bond donors (Lipinski definition) is 0. The van der Waals surface area contributed by atoms with Crippen LogP contribution in [0.1, 0.15) is 29.4 Å². The monoisotopic (exact) mass is 311 g/mol. The largest absolute Gasteiger partial charge is 0.482 e. The van der Waals surface area contributed by atoms with Crippen molar-refractivity contribution in [1.82, 2.24) is 14.0 Å². The first-order chi connectivity index (χ1) is 11.2. The molecule has 6 heteroatoms. The number of aromatic nitrogens is 3. The normalized spacial score (nSPS) is 10.9. The molecule has 3 rings (SSSR count). The van der Waals surface area contributed by atoms with E-state index in [0.717, 1.165) is 6.42 Å². The summed E-state index contributed by atoms with van der Waals surface area (Å²) < 4.78 is 8.18. The molecule has 2 aromatic heterocycles. The van der Waals surface area contributed by atoms with Crippen LogP contribution in [0.15, 0.2) is 47.4 Å². The summed E-state index contributed by atoms with van der Waals surface area (Å²) in [4.78, 5) is 29.3. The molecule has 0 saturated carbocycles. The molecule has 118 valence electrons. The number of benzene rings is 1. The van der Waals surface area contributed by atoms with Crippen LogP contribution in [0.4, 0.5) is 0 Å². The number of rotatable bonds is 5. The lowest BCUT2D eigenvalue weighted by molar-refractivity contribution is 0.103. The molecule has 6 nitrogen and oxygen atoms in total. The van der Waals surface area contributed by atoms with Gasteiger partial charge in [-0.05, 0) is 6.42 Å². The van der Waals surface area contributed by atoms with Gasteiger partial charge in [0.05, 0.1) is 7.11 Å². The first-order valence-corrected chi connectivity index (χ1v) is 7.42. The third-order valence-electron chi connectivity index (χ3n) is 3.61. The molecule has 0 aliphatic heterocycles. The van der Waals surface area contributed by atoms with Gasteiger partial charge in [0.2, 0.25) is 11.7 Å². The van der Waals surface area contributed by atoms with Gasteiger partial charge in [-0.3, -0.25) is 13.8 Å². The molecule has 0 radical (unpaired) electrons. The van der Waals surface area contributed by atoms with Crippen LogP contribution in [0.2, 0.25) is 0 Å². The van der Waals surface area contributed by atoms with Crippen molar-refractivity contribution >= 4 is 11.4 Å². The van der Waals surface area contributed by atoms with Gasteiger partial charge in [0.25, 0.3) is 0 Å². The summed E-state index contributed by atoms with van der Waals surface area (Å²) in [5.41, 5.74) is 0.917. The highest BCUT2D eigenvalue weighted by Crippen LogP contribution is 2.15. The quantitative estimate of drug-likeness (QED) is 0.677. The van der Waals surface area contributed by atoms with Crippen molar-refractivity contribution in [2.45, 2.75) is 19.9 Å². The zero-order valence-electron chi connectivity index (χ0n) is 13.0. The number of carbonyl (C=O) groups is 1. The van der Waals surface area contributed by atoms with E-state index < -0.39 is 0 Å². The lowest BCUT2D eigenvalue weighted by Gasteiger charge is -2.10. The van der Waals surface area contributed by atoms with Crippen molar-refractivity contribution < 1.29 is 9.53 Å². The lowest BCUT2D eigenvalue weighted by atomic mass is 10.1. The van der Waals surface area contributed by atoms with Crippen LogP contribution < -0.4 is 10.4 Å². The third-order valence-corrected chi connectivity index (χ3v) is 3.61. The maximum absolute atomic E-state index is 12.6. The second-order valence-corrected chi connectivity index (χ2v) is 5.17. The molecular weight excluding hydrogens is 294 g/mol. The molecule has 23 heavy (non-hydrogen) atoms. The number of hydrogen-bond acceptors (Lipinski definition) is 4. The standard InChI is InChI=1S/C17H17N3O3/c1-3-9-19-15(23-2)10-14-18-13(11-20(14)17(19)22)16(21)12-7-5-4-6-8-12/h4-8,10-11H,3,9H2,1-2H3. The SMILES string of the molecule is CCCn1c(OC)cc2nc(C(=O)c3ccccc3)cn2c1=O. The second-order valence-electron chi connectivity index (χ2n) is 5.17. The molecule has 1 aromatic carbocycles. The molecule has 0 fully saturated rings. The Hall–Kier alpha value is -2.89. The number of ether oxygens (including phenoxy) is 1. The van der Waals surface area contributed by atoms with Gasteiger partial charge in [-0.1, -0.05) is 37.3 Å². The molecule has 0 aliphatic carbocycles. The summed E-state index contributed by atoms with van der Waals surface area (Å²) >= 11 is 0. The van der Waals surface area contributed by atoms with Gasteiger partial charge in [0, 0.05) is 24.4 Å². The molecule has 0 unspecified atom stereocenters. The van der Waals surface area contributed by atoms with Crippen molar-refractivity contribution in [3.05, 3.63) is 64.3 Å². The smallest absolute Gasteiger partial charge is 0.336 e. The molecule has 2 heterocycles. The highest BCUT2D eigenvalue weighted by atomic mass is 16.5. The van der Waals surface area contributed by atoms with Crippen molar-refractivity contribution in [2.75, 3.05) is 7.11 Å². The van der Waals surface area contributed by atoms with Gasteiger partial charge >= 0.3 is 5.69 Å². The number of fused-ring (bicyclic) bond motifs is 1. The van der Waals surface area contributed by atoms with Crippen molar-refractivity contribution in [2.24, 2.45) is 0 Å². The fourth-order valence-corrected chi connectivity index (χ4v) is 2.51. The molecule has 0 aliphatic rings. The van der Waals surface area contributed by atoms with E-state index in [9.17, 15) is 9.59 Å². The Morgan fingerprint density at radius 1 is 1.26 bits per heavy atom. The van der Waals surface area contributed by atoms with Crippen LogP contribution in [0.5, 0.6) is 5.88 Å². The molecule has 0 amide bonds. The number of imidazole rings is 1. The average molecular weight is 311 g/mol. The van der Waals surface area contributed by atoms with E-state index in [1.54, 1.807) is 30.3 Å². The average Bonchev–Trinajstić information content (AvgIpc) is 3.01. The zero-order valence-corrected chi connectivity index (χ0v) is 13.0. The summed E-state index contributed by atoms with van der Waals surface area (Å²) in [6.45, 7) is 2.52. The van der Waals surface area contributed by atoms with Crippen LogP contribution >= 0.6 is 0 Å². The van der Waals surface area contributed by atoms with Crippen LogP contribution in [-0.4, -0.2) is 26.8 Å². The van der Waals surface area contributed by atoms with Gasteiger partial charge in [-0.2, -0.15) is 0 Å². The van der Waals surface area contributed by atoms with Gasteiger partial charge in [-0.25, -0.2) is 9.78 Å². The minimum atomic E-state index is -0.263. The Labute approximate surface area is 133 Å². The molecule has 0 N–H and O–H groups in total. The van der Waals surface area contributed by atoms with Crippen molar-refractivity contribution in [3.63, 3.8) is 0 Å². The number of nitrogens with zero attached hydrogens (tertiary/aromatic N) is 3. The second kappa shape index (κ2) is 6.08. The fraction of sp³-hybridized carbons (Fsp3) is 0.235. The van der Waals surface area contributed by atoms with Crippen molar-refractivity contribution in [1.29, 1.82) is 0 Å². The Bertz CT molecular complexity index is 910. The molecule has 0 spiro atoms. The summed E-state index contributed by atoms with van der Waals surface area (Å²) in [6, 6.07) is 10.5.